The first-order valence-electron chi connectivity index (χ1n) is 11.3. The quantitative estimate of drug-likeness (QED) is 0.434. The van der Waals surface area contributed by atoms with Crippen molar-refractivity contribution in [3.05, 3.63) is 89.6 Å². The lowest BCUT2D eigenvalue weighted by atomic mass is 10.0. The average molecular weight is 457 g/mol. The summed E-state index contributed by atoms with van der Waals surface area (Å²) in [5.74, 6) is 0.540. The number of carbonyl (C=O) groups excluding carboxylic acids is 2. The highest BCUT2D eigenvalue weighted by atomic mass is 16.5. The van der Waals surface area contributed by atoms with Gasteiger partial charge in [-0.15, -0.1) is 0 Å². The lowest BCUT2D eigenvalue weighted by Gasteiger charge is -2.16. The van der Waals surface area contributed by atoms with Crippen molar-refractivity contribution in [2.75, 3.05) is 24.4 Å². The number of carbonyl (C=O) groups is 2. The van der Waals surface area contributed by atoms with E-state index in [1.165, 1.54) is 10.5 Å². The van der Waals surface area contributed by atoms with Crippen LogP contribution in [0.3, 0.4) is 0 Å². The van der Waals surface area contributed by atoms with Crippen molar-refractivity contribution >= 4 is 28.8 Å². The normalized spacial score (nSPS) is 13.4. The van der Waals surface area contributed by atoms with Gasteiger partial charge in [-0.2, -0.15) is 0 Å². The van der Waals surface area contributed by atoms with Gasteiger partial charge >= 0.3 is 0 Å². The number of nitrogens with zero attached hydrogens (tertiary/aromatic N) is 1. The highest BCUT2D eigenvalue weighted by molar-refractivity contribution is 6.46. The van der Waals surface area contributed by atoms with E-state index in [0.29, 0.717) is 34.0 Å². The van der Waals surface area contributed by atoms with E-state index in [0.717, 1.165) is 19.3 Å². The molecule has 174 valence electrons. The van der Waals surface area contributed by atoms with Crippen LogP contribution >= 0.6 is 0 Å². The summed E-state index contributed by atoms with van der Waals surface area (Å²) in [6, 6.07) is 22.0. The smallest absolute Gasteiger partial charge is 0.282 e. The number of unbranched alkanes of at least 4 members (excludes halogenated alkanes) is 1. The number of aryl methyl sites for hydroxylation is 1. The van der Waals surface area contributed by atoms with E-state index in [1.54, 1.807) is 44.6 Å². The van der Waals surface area contributed by atoms with E-state index >= 15 is 0 Å². The monoisotopic (exact) mass is 456 g/mol. The third-order valence-corrected chi connectivity index (χ3v) is 5.82. The standard InChI is InChI=1S/C28H28N2O4/c1-4-5-7-19-10-14-22(15-11-19)30-27(31)25(20-12-16-23(33-2)17-13-20)26(28(30)32)29-21-8-6-9-24(18-21)34-3/h6,8-18,29H,4-5,7H2,1-3H3. The van der Waals surface area contributed by atoms with E-state index in [-0.39, 0.29) is 11.6 Å². The Labute approximate surface area is 199 Å². The third-order valence-electron chi connectivity index (χ3n) is 5.82. The largest absolute Gasteiger partial charge is 0.497 e. The molecule has 1 aliphatic rings. The van der Waals surface area contributed by atoms with Crippen molar-refractivity contribution in [1.29, 1.82) is 0 Å². The van der Waals surface area contributed by atoms with Crippen molar-refractivity contribution < 1.29 is 19.1 Å². The van der Waals surface area contributed by atoms with Crippen LogP contribution in [0.2, 0.25) is 0 Å². The predicted molar refractivity (Wildman–Crippen MR) is 134 cm³/mol. The van der Waals surface area contributed by atoms with Crippen molar-refractivity contribution in [2.45, 2.75) is 26.2 Å². The molecule has 0 fully saturated rings. The van der Waals surface area contributed by atoms with Crippen LogP contribution in [0.4, 0.5) is 11.4 Å². The Hall–Kier alpha value is -4.06. The maximum absolute atomic E-state index is 13.6. The first-order valence-corrected chi connectivity index (χ1v) is 11.3. The second kappa shape index (κ2) is 10.3. The van der Waals surface area contributed by atoms with Gasteiger partial charge in [0.1, 0.15) is 17.2 Å². The van der Waals surface area contributed by atoms with Gasteiger partial charge in [0.25, 0.3) is 11.8 Å². The molecule has 6 nitrogen and oxygen atoms in total. The molecule has 0 aromatic heterocycles. The van der Waals surface area contributed by atoms with E-state index in [1.807, 2.05) is 42.5 Å². The average Bonchev–Trinajstić information content (AvgIpc) is 3.12. The molecule has 0 spiro atoms. The van der Waals surface area contributed by atoms with Crippen molar-refractivity contribution in [3.63, 3.8) is 0 Å². The summed E-state index contributed by atoms with van der Waals surface area (Å²) in [6.07, 6.45) is 3.18. The summed E-state index contributed by atoms with van der Waals surface area (Å²) in [5.41, 5.74) is 3.54. The van der Waals surface area contributed by atoms with Gasteiger partial charge in [0, 0.05) is 11.8 Å². The van der Waals surface area contributed by atoms with E-state index in [9.17, 15) is 9.59 Å². The molecule has 0 saturated carbocycles. The summed E-state index contributed by atoms with van der Waals surface area (Å²) >= 11 is 0. The van der Waals surface area contributed by atoms with Crippen LogP contribution in [-0.2, 0) is 16.0 Å². The lowest BCUT2D eigenvalue weighted by molar-refractivity contribution is -0.120. The first kappa shape index (κ1) is 23.1. The van der Waals surface area contributed by atoms with Crippen LogP contribution in [0.1, 0.15) is 30.9 Å². The molecule has 0 saturated heterocycles. The Morgan fingerprint density at radius 3 is 2.18 bits per heavy atom. The number of nitrogens with one attached hydrogen (secondary N) is 1. The number of hydrogen-bond donors (Lipinski definition) is 1. The number of hydrogen-bond acceptors (Lipinski definition) is 5. The summed E-state index contributed by atoms with van der Waals surface area (Å²) in [5, 5.41) is 3.17. The second-order valence-corrected chi connectivity index (χ2v) is 8.05. The number of ether oxygens (including phenoxy) is 2. The van der Waals surface area contributed by atoms with Gasteiger partial charge in [0.05, 0.1) is 25.5 Å². The minimum atomic E-state index is -0.403. The molecule has 2 amide bonds. The highest BCUT2D eigenvalue weighted by Crippen LogP contribution is 2.35. The first-order chi connectivity index (χ1) is 16.5. The third kappa shape index (κ3) is 4.66. The van der Waals surface area contributed by atoms with Gasteiger partial charge in [0.2, 0.25) is 0 Å². The van der Waals surface area contributed by atoms with Crippen LogP contribution in [-0.4, -0.2) is 26.0 Å². The van der Waals surface area contributed by atoms with Gasteiger partial charge in [-0.1, -0.05) is 43.7 Å². The molecule has 0 bridgehead atoms. The summed E-state index contributed by atoms with van der Waals surface area (Å²) in [6.45, 7) is 2.15. The van der Waals surface area contributed by atoms with Crippen LogP contribution in [0.25, 0.3) is 5.57 Å². The zero-order chi connectivity index (χ0) is 24.1. The molecule has 34 heavy (non-hydrogen) atoms. The zero-order valence-corrected chi connectivity index (χ0v) is 19.6. The molecule has 0 atom stereocenters. The minimum absolute atomic E-state index is 0.221. The summed E-state index contributed by atoms with van der Waals surface area (Å²) < 4.78 is 10.6. The topological polar surface area (TPSA) is 67.9 Å². The Morgan fingerprint density at radius 1 is 0.824 bits per heavy atom. The molecule has 3 aromatic rings. The number of rotatable bonds is 9. The lowest BCUT2D eigenvalue weighted by Crippen LogP contribution is -2.32. The number of amides is 2. The molecule has 6 heteroatoms. The number of methoxy groups -OCH3 is 2. The fourth-order valence-electron chi connectivity index (χ4n) is 3.94. The Kier molecular flexibility index (Phi) is 6.97. The van der Waals surface area contributed by atoms with Gasteiger partial charge < -0.3 is 14.8 Å². The fourth-order valence-corrected chi connectivity index (χ4v) is 3.94. The molecule has 0 aliphatic carbocycles. The van der Waals surface area contributed by atoms with Crippen LogP contribution in [0.15, 0.2) is 78.5 Å². The number of benzene rings is 3. The van der Waals surface area contributed by atoms with Gasteiger partial charge in [-0.3, -0.25) is 9.59 Å². The number of imide groups is 1. The van der Waals surface area contributed by atoms with Crippen LogP contribution < -0.4 is 19.7 Å². The predicted octanol–water partition coefficient (Wildman–Crippen LogP) is 5.44. The van der Waals surface area contributed by atoms with E-state index in [4.69, 9.17) is 9.47 Å². The molecule has 4 rings (SSSR count). The molecule has 0 unspecified atom stereocenters. The molecular weight excluding hydrogens is 428 g/mol. The van der Waals surface area contributed by atoms with Crippen molar-refractivity contribution in [1.82, 2.24) is 0 Å². The Balaban J connectivity index is 1.73. The van der Waals surface area contributed by atoms with E-state index in [2.05, 4.69) is 12.2 Å². The van der Waals surface area contributed by atoms with Gasteiger partial charge in [0.15, 0.2) is 0 Å². The summed E-state index contributed by atoms with van der Waals surface area (Å²) in [7, 11) is 3.16. The molecular formula is C28H28N2O4. The molecule has 1 heterocycles. The van der Waals surface area contributed by atoms with Crippen LogP contribution in [0, 0.1) is 0 Å². The molecule has 0 radical (unpaired) electrons. The molecule has 3 aromatic carbocycles. The SMILES string of the molecule is CCCCc1ccc(N2C(=O)C(Nc3cccc(OC)c3)=C(c3ccc(OC)cc3)C2=O)cc1. The van der Waals surface area contributed by atoms with Gasteiger partial charge in [-0.25, -0.2) is 4.90 Å². The van der Waals surface area contributed by atoms with Crippen LogP contribution in [0.5, 0.6) is 11.5 Å². The van der Waals surface area contributed by atoms with Gasteiger partial charge in [-0.05, 0) is 60.4 Å². The van der Waals surface area contributed by atoms with Crippen molar-refractivity contribution in [2.24, 2.45) is 0 Å². The Bertz CT molecular complexity index is 1210. The maximum atomic E-state index is 13.6. The zero-order valence-electron chi connectivity index (χ0n) is 19.6. The highest BCUT2D eigenvalue weighted by Gasteiger charge is 2.40. The minimum Gasteiger partial charge on any atom is -0.497 e. The van der Waals surface area contributed by atoms with Crippen molar-refractivity contribution in [3.8, 4) is 11.5 Å². The Morgan fingerprint density at radius 2 is 1.53 bits per heavy atom. The molecule has 1 N–H and O–H groups in total. The fraction of sp³-hybridized carbons (Fsp3) is 0.214. The second-order valence-electron chi connectivity index (χ2n) is 8.05. The molecule has 1 aliphatic heterocycles. The summed E-state index contributed by atoms with van der Waals surface area (Å²) in [4.78, 5) is 28.4. The maximum Gasteiger partial charge on any atom is 0.282 e. The van der Waals surface area contributed by atoms with E-state index < -0.39 is 5.91 Å². The number of anilines is 2.